The first-order valence-electron chi connectivity index (χ1n) is 7.16. The molecule has 0 saturated carbocycles. The van der Waals surface area contributed by atoms with Crippen LogP contribution >= 0.6 is 0 Å². The lowest BCUT2D eigenvalue weighted by atomic mass is 10.0. The quantitative estimate of drug-likeness (QED) is 0.868. The van der Waals surface area contributed by atoms with Crippen LogP contribution in [0.15, 0.2) is 24.3 Å². The maximum Gasteiger partial charge on any atom is 0.253 e. The lowest BCUT2D eigenvalue weighted by molar-refractivity contribution is 0.0227. The van der Waals surface area contributed by atoms with Crippen LogP contribution < -0.4 is 10.1 Å². The molecule has 1 aromatic rings. The van der Waals surface area contributed by atoms with Gasteiger partial charge in [0.2, 0.25) is 0 Å². The van der Waals surface area contributed by atoms with Crippen LogP contribution in [0.3, 0.4) is 0 Å². The minimum absolute atomic E-state index is 0.124. The minimum Gasteiger partial charge on any atom is -0.497 e. The summed E-state index contributed by atoms with van der Waals surface area (Å²) in [6.07, 6.45) is 0. The third-order valence-corrected chi connectivity index (χ3v) is 4.15. The van der Waals surface area contributed by atoms with Crippen molar-refractivity contribution in [2.45, 2.75) is 6.04 Å². The van der Waals surface area contributed by atoms with Crippen LogP contribution in [0.25, 0.3) is 0 Å². The molecular weight excluding hydrogens is 254 g/mol. The molecule has 0 spiro atoms. The van der Waals surface area contributed by atoms with Crippen molar-refractivity contribution >= 4 is 5.91 Å². The number of hydrogen-bond acceptors (Lipinski definition) is 4. The first kappa shape index (κ1) is 13.4. The second-order valence-electron chi connectivity index (χ2n) is 5.38. The lowest BCUT2D eigenvalue weighted by Crippen LogP contribution is -2.63. The van der Waals surface area contributed by atoms with Gasteiger partial charge in [-0.15, -0.1) is 0 Å². The van der Waals surface area contributed by atoms with E-state index in [0.717, 1.165) is 50.6 Å². The predicted octanol–water partition coefficient (Wildman–Crippen LogP) is 0.425. The van der Waals surface area contributed by atoms with Gasteiger partial charge in [0.05, 0.1) is 7.11 Å². The van der Waals surface area contributed by atoms with Gasteiger partial charge in [-0.1, -0.05) is 0 Å². The Kier molecular flexibility index (Phi) is 3.89. The molecule has 108 valence electrons. The number of carbonyl (C=O) groups excluding carboxylic acids is 1. The molecule has 1 amide bonds. The molecule has 0 atom stereocenters. The second-order valence-corrected chi connectivity index (χ2v) is 5.38. The standard InChI is InChI=1S/C15H21N3O2/c1-20-14-4-2-12(3-5-14)15(19)18-10-13(11-18)17-8-6-16-7-9-17/h2-5,13,16H,6-11H2,1H3. The van der Waals surface area contributed by atoms with Gasteiger partial charge in [-0.05, 0) is 24.3 Å². The Balaban J connectivity index is 1.54. The zero-order chi connectivity index (χ0) is 13.9. The molecule has 2 saturated heterocycles. The van der Waals surface area contributed by atoms with Gasteiger partial charge in [0.25, 0.3) is 5.91 Å². The summed E-state index contributed by atoms with van der Waals surface area (Å²) in [7, 11) is 1.63. The second kappa shape index (κ2) is 5.81. The molecule has 2 aliphatic rings. The Morgan fingerprint density at radius 3 is 2.45 bits per heavy atom. The van der Waals surface area contributed by atoms with E-state index < -0.39 is 0 Å². The molecular formula is C15H21N3O2. The van der Waals surface area contributed by atoms with Crippen LogP contribution in [0.1, 0.15) is 10.4 Å². The monoisotopic (exact) mass is 275 g/mol. The Morgan fingerprint density at radius 1 is 1.20 bits per heavy atom. The molecule has 2 aliphatic heterocycles. The van der Waals surface area contributed by atoms with E-state index in [-0.39, 0.29) is 5.91 Å². The highest BCUT2D eigenvalue weighted by atomic mass is 16.5. The third-order valence-electron chi connectivity index (χ3n) is 4.15. The van der Waals surface area contributed by atoms with E-state index >= 15 is 0 Å². The number of piperazine rings is 1. The van der Waals surface area contributed by atoms with Crippen molar-refractivity contribution in [3.63, 3.8) is 0 Å². The summed E-state index contributed by atoms with van der Waals surface area (Å²) in [5.41, 5.74) is 0.740. The highest BCUT2D eigenvalue weighted by Crippen LogP contribution is 2.20. The van der Waals surface area contributed by atoms with Gasteiger partial charge in [-0.25, -0.2) is 0 Å². The molecule has 0 radical (unpaired) electrons. The number of likely N-dealkylation sites (tertiary alicyclic amines) is 1. The van der Waals surface area contributed by atoms with E-state index in [9.17, 15) is 4.79 Å². The predicted molar refractivity (Wildman–Crippen MR) is 77.1 cm³/mol. The SMILES string of the molecule is COc1ccc(C(=O)N2CC(N3CCNCC3)C2)cc1. The first-order chi connectivity index (χ1) is 9.78. The Morgan fingerprint density at radius 2 is 1.85 bits per heavy atom. The van der Waals surface area contributed by atoms with Crippen LogP contribution in [0.5, 0.6) is 5.75 Å². The minimum atomic E-state index is 0.124. The number of carbonyl (C=O) groups is 1. The number of nitrogens with zero attached hydrogens (tertiary/aromatic N) is 2. The number of nitrogens with one attached hydrogen (secondary N) is 1. The Labute approximate surface area is 119 Å². The topological polar surface area (TPSA) is 44.8 Å². The van der Waals surface area contributed by atoms with Crippen molar-refractivity contribution in [3.8, 4) is 5.75 Å². The van der Waals surface area contributed by atoms with Crippen LogP contribution in [0.4, 0.5) is 0 Å². The number of benzene rings is 1. The molecule has 20 heavy (non-hydrogen) atoms. The maximum atomic E-state index is 12.3. The van der Waals surface area contributed by atoms with Gasteiger partial charge in [0.1, 0.15) is 5.75 Å². The van der Waals surface area contributed by atoms with Gasteiger partial charge in [0.15, 0.2) is 0 Å². The summed E-state index contributed by atoms with van der Waals surface area (Å²) in [5.74, 6) is 0.905. The molecule has 2 fully saturated rings. The van der Waals surface area contributed by atoms with Crippen molar-refractivity contribution in [1.82, 2.24) is 15.1 Å². The molecule has 0 bridgehead atoms. The molecule has 1 N–H and O–H groups in total. The van der Waals surface area contributed by atoms with E-state index in [1.165, 1.54) is 0 Å². The molecule has 0 aliphatic carbocycles. The Hall–Kier alpha value is -1.59. The van der Waals surface area contributed by atoms with Crippen molar-refractivity contribution in [3.05, 3.63) is 29.8 Å². The summed E-state index contributed by atoms with van der Waals surface area (Å²) in [4.78, 5) is 16.7. The highest BCUT2D eigenvalue weighted by molar-refractivity contribution is 5.94. The lowest BCUT2D eigenvalue weighted by Gasteiger charge is -2.46. The summed E-state index contributed by atoms with van der Waals surface area (Å²) in [6.45, 7) is 6.01. The van der Waals surface area contributed by atoms with Crippen LogP contribution in [0, 0.1) is 0 Å². The van der Waals surface area contributed by atoms with Crippen LogP contribution in [0.2, 0.25) is 0 Å². The fourth-order valence-corrected chi connectivity index (χ4v) is 2.82. The van der Waals surface area contributed by atoms with Gasteiger partial charge in [-0.2, -0.15) is 0 Å². The molecule has 3 rings (SSSR count). The molecule has 5 heteroatoms. The van der Waals surface area contributed by atoms with Gasteiger partial charge in [0, 0.05) is 50.9 Å². The zero-order valence-electron chi connectivity index (χ0n) is 11.8. The molecule has 5 nitrogen and oxygen atoms in total. The highest BCUT2D eigenvalue weighted by Gasteiger charge is 2.35. The maximum absolute atomic E-state index is 12.3. The van der Waals surface area contributed by atoms with Gasteiger partial charge >= 0.3 is 0 Å². The summed E-state index contributed by atoms with van der Waals surface area (Å²) in [6, 6.07) is 7.87. The van der Waals surface area contributed by atoms with E-state index in [1.807, 2.05) is 29.2 Å². The fraction of sp³-hybridized carbons (Fsp3) is 0.533. The average molecular weight is 275 g/mol. The fourth-order valence-electron chi connectivity index (χ4n) is 2.82. The van der Waals surface area contributed by atoms with Gasteiger partial charge < -0.3 is 15.0 Å². The van der Waals surface area contributed by atoms with Crippen molar-refractivity contribution < 1.29 is 9.53 Å². The number of rotatable bonds is 3. The average Bonchev–Trinajstić information content (AvgIpc) is 2.47. The van der Waals surface area contributed by atoms with Crippen molar-refractivity contribution in [1.29, 1.82) is 0 Å². The normalized spacial score (nSPS) is 20.6. The van der Waals surface area contributed by atoms with E-state index in [0.29, 0.717) is 6.04 Å². The first-order valence-corrected chi connectivity index (χ1v) is 7.16. The summed E-state index contributed by atoms with van der Waals surface area (Å²) in [5, 5.41) is 3.35. The molecule has 1 aromatic carbocycles. The number of hydrogen-bond donors (Lipinski definition) is 1. The molecule has 0 aromatic heterocycles. The van der Waals surface area contributed by atoms with Gasteiger partial charge in [-0.3, -0.25) is 9.69 Å². The molecule has 2 heterocycles. The molecule has 0 unspecified atom stereocenters. The summed E-state index contributed by atoms with van der Waals surface area (Å²) >= 11 is 0. The van der Waals surface area contributed by atoms with E-state index in [1.54, 1.807) is 7.11 Å². The number of amides is 1. The van der Waals surface area contributed by atoms with Crippen LogP contribution in [-0.2, 0) is 0 Å². The van der Waals surface area contributed by atoms with Crippen LogP contribution in [-0.4, -0.2) is 68.1 Å². The largest absolute Gasteiger partial charge is 0.497 e. The Bertz CT molecular complexity index is 463. The van der Waals surface area contributed by atoms with Crippen molar-refractivity contribution in [2.75, 3.05) is 46.4 Å². The smallest absolute Gasteiger partial charge is 0.253 e. The van der Waals surface area contributed by atoms with E-state index in [4.69, 9.17) is 4.74 Å². The van der Waals surface area contributed by atoms with Crippen molar-refractivity contribution in [2.24, 2.45) is 0 Å². The zero-order valence-corrected chi connectivity index (χ0v) is 11.8. The number of ether oxygens (including phenoxy) is 1. The van der Waals surface area contributed by atoms with E-state index in [2.05, 4.69) is 10.2 Å². The summed E-state index contributed by atoms with van der Waals surface area (Å²) < 4.78 is 5.11. The third kappa shape index (κ3) is 2.64. The number of methoxy groups -OCH3 is 1.